The van der Waals surface area contributed by atoms with E-state index in [9.17, 15) is 13.9 Å². The van der Waals surface area contributed by atoms with Gasteiger partial charge >= 0.3 is 0 Å². The molecular formula is C21H20F2NO+. The lowest BCUT2D eigenvalue weighted by molar-refractivity contribution is -0.682. The molecule has 3 N–H and O–H groups in total. The van der Waals surface area contributed by atoms with E-state index in [1.807, 2.05) is 35.6 Å². The van der Waals surface area contributed by atoms with E-state index >= 15 is 0 Å². The number of benzene rings is 3. The first-order valence-electron chi connectivity index (χ1n) is 8.18. The van der Waals surface area contributed by atoms with Crippen molar-refractivity contribution in [3.63, 3.8) is 0 Å². The van der Waals surface area contributed by atoms with Crippen molar-refractivity contribution in [3.8, 4) is 0 Å². The summed E-state index contributed by atoms with van der Waals surface area (Å²) in [6, 6.07) is 21.5. The zero-order chi connectivity index (χ0) is 17.7. The van der Waals surface area contributed by atoms with Crippen molar-refractivity contribution in [2.45, 2.75) is 12.1 Å². The maximum atomic E-state index is 13.3. The van der Waals surface area contributed by atoms with Crippen LogP contribution in [0, 0.1) is 11.6 Å². The highest BCUT2D eigenvalue weighted by atomic mass is 19.1. The van der Waals surface area contributed by atoms with Crippen molar-refractivity contribution >= 4 is 0 Å². The number of halogens is 2. The Hall–Kier alpha value is -2.56. The SMILES string of the molecule is O[C@@](C[NH2+]Cc1ccc(F)cc1)(c1ccccc1)c1ccc(F)cc1. The third-order valence-corrected chi connectivity index (χ3v) is 4.31. The topological polar surface area (TPSA) is 36.8 Å². The fourth-order valence-electron chi connectivity index (χ4n) is 2.91. The van der Waals surface area contributed by atoms with Crippen LogP contribution in [0.2, 0.25) is 0 Å². The highest BCUT2D eigenvalue weighted by Crippen LogP contribution is 2.28. The summed E-state index contributed by atoms with van der Waals surface area (Å²) >= 11 is 0. The lowest BCUT2D eigenvalue weighted by Gasteiger charge is -2.27. The van der Waals surface area contributed by atoms with Crippen LogP contribution in [0.15, 0.2) is 78.9 Å². The van der Waals surface area contributed by atoms with Crippen molar-refractivity contribution in [3.05, 3.63) is 107 Å². The van der Waals surface area contributed by atoms with Gasteiger partial charge in [0, 0.05) is 5.56 Å². The molecule has 1 atom stereocenters. The third-order valence-electron chi connectivity index (χ3n) is 4.31. The summed E-state index contributed by atoms with van der Waals surface area (Å²) in [7, 11) is 0. The van der Waals surface area contributed by atoms with Gasteiger partial charge in [0.25, 0.3) is 0 Å². The molecule has 2 nitrogen and oxygen atoms in total. The number of rotatable bonds is 6. The summed E-state index contributed by atoms with van der Waals surface area (Å²) < 4.78 is 26.3. The monoisotopic (exact) mass is 340 g/mol. The summed E-state index contributed by atoms with van der Waals surface area (Å²) in [6.45, 7) is 0.969. The minimum Gasteiger partial charge on any atom is -0.375 e. The molecule has 128 valence electrons. The van der Waals surface area contributed by atoms with Gasteiger partial charge in [-0.2, -0.15) is 0 Å². The first-order valence-corrected chi connectivity index (χ1v) is 8.18. The van der Waals surface area contributed by atoms with Gasteiger partial charge in [-0.15, -0.1) is 0 Å². The number of hydrogen-bond acceptors (Lipinski definition) is 1. The molecule has 0 spiro atoms. The summed E-state index contributed by atoms with van der Waals surface area (Å²) in [6.07, 6.45) is 0. The van der Waals surface area contributed by atoms with E-state index in [1.165, 1.54) is 24.3 Å². The van der Waals surface area contributed by atoms with Crippen LogP contribution in [-0.2, 0) is 12.1 Å². The molecule has 0 saturated heterocycles. The van der Waals surface area contributed by atoms with Crippen molar-refractivity contribution in [1.29, 1.82) is 0 Å². The number of nitrogens with two attached hydrogens (primary N) is 1. The van der Waals surface area contributed by atoms with E-state index in [0.29, 0.717) is 18.7 Å². The minimum absolute atomic E-state index is 0.268. The van der Waals surface area contributed by atoms with E-state index in [2.05, 4.69) is 0 Å². The lowest BCUT2D eigenvalue weighted by Crippen LogP contribution is -2.86. The van der Waals surface area contributed by atoms with Gasteiger partial charge in [-0.25, -0.2) is 8.78 Å². The minimum atomic E-state index is -1.24. The summed E-state index contributed by atoms with van der Waals surface area (Å²) in [5.74, 6) is -0.606. The molecule has 0 fully saturated rings. The van der Waals surface area contributed by atoms with Crippen molar-refractivity contribution in [2.24, 2.45) is 0 Å². The maximum absolute atomic E-state index is 13.3. The van der Waals surface area contributed by atoms with Crippen LogP contribution in [0.4, 0.5) is 8.78 Å². The van der Waals surface area contributed by atoms with Gasteiger partial charge < -0.3 is 10.4 Å². The van der Waals surface area contributed by atoms with E-state index in [4.69, 9.17) is 0 Å². The summed E-state index contributed by atoms with van der Waals surface area (Å²) in [5, 5.41) is 13.3. The van der Waals surface area contributed by atoms with Gasteiger partial charge in [0.15, 0.2) is 5.60 Å². The van der Waals surface area contributed by atoms with Crippen LogP contribution in [0.25, 0.3) is 0 Å². The molecule has 25 heavy (non-hydrogen) atoms. The molecule has 0 bridgehead atoms. The first-order chi connectivity index (χ1) is 12.1. The Labute approximate surface area is 145 Å². The smallest absolute Gasteiger partial charge is 0.163 e. The number of aliphatic hydroxyl groups is 1. The molecule has 0 aliphatic carbocycles. The Morgan fingerprint density at radius 3 is 1.84 bits per heavy atom. The van der Waals surface area contributed by atoms with E-state index in [-0.39, 0.29) is 11.6 Å². The van der Waals surface area contributed by atoms with Gasteiger partial charge in [0.1, 0.15) is 24.7 Å². The van der Waals surface area contributed by atoms with E-state index < -0.39 is 5.60 Å². The molecule has 0 amide bonds. The molecule has 3 aromatic carbocycles. The molecule has 0 radical (unpaired) electrons. The van der Waals surface area contributed by atoms with Gasteiger partial charge in [-0.1, -0.05) is 54.6 Å². The van der Waals surface area contributed by atoms with Crippen LogP contribution in [0.5, 0.6) is 0 Å². The Morgan fingerprint density at radius 1 is 0.720 bits per heavy atom. The quantitative estimate of drug-likeness (QED) is 0.711. The van der Waals surface area contributed by atoms with Crippen molar-refractivity contribution < 1.29 is 19.2 Å². The molecule has 0 saturated carbocycles. The van der Waals surface area contributed by atoms with Crippen LogP contribution in [-0.4, -0.2) is 11.7 Å². The molecule has 4 heteroatoms. The average molecular weight is 340 g/mol. The molecular weight excluding hydrogens is 320 g/mol. The van der Waals surface area contributed by atoms with Gasteiger partial charge in [-0.3, -0.25) is 0 Å². The highest BCUT2D eigenvalue weighted by molar-refractivity contribution is 5.36. The van der Waals surface area contributed by atoms with E-state index in [1.54, 1.807) is 24.3 Å². The highest BCUT2D eigenvalue weighted by Gasteiger charge is 2.33. The molecule has 3 rings (SSSR count). The average Bonchev–Trinajstić information content (AvgIpc) is 2.64. The van der Waals surface area contributed by atoms with Gasteiger partial charge in [0.05, 0.1) is 0 Å². The zero-order valence-corrected chi connectivity index (χ0v) is 13.7. The van der Waals surface area contributed by atoms with Crippen molar-refractivity contribution in [2.75, 3.05) is 6.54 Å². The standard InChI is InChI=1S/C21H19F2NO/c22-19-10-6-16(7-11-19)14-24-15-21(25,17-4-2-1-3-5-17)18-8-12-20(23)13-9-18/h1-13,24-25H,14-15H2/p+1/t21-/m0/s1. The number of quaternary nitrogens is 1. The molecule has 0 aliphatic rings. The second-order valence-corrected chi connectivity index (χ2v) is 6.06. The van der Waals surface area contributed by atoms with Gasteiger partial charge in [-0.05, 0) is 35.4 Å². The summed E-state index contributed by atoms with van der Waals surface area (Å²) in [4.78, 5) is 0. The lowest BCUT2D eigenvalue weighted by atomic mass is 9.86. The maximum Gasteiger partial charge on any atom is 0.163 e. The third kappa shape index (κ3) is 4.10. The second-order valence-electron chi connectivity index (χ2n) is 6.06. The van der Waals surface area contributed by atoms with Crippen molar-refractivity contribution in [1.82, 2.24) is 0 Å². The summed E-state index contributed by atoms with van der Waals surface area (Å²) in [5.41, 5.74) is 1.11. The largest absolute Gasteiger partial charge is 0.375 e. The van der Waals surface area contributed by atoms with E-state index in [0.717, 1.165) is 11.1 Å². The van der Waals surface area contributed by atoms with Crippen LogP contribution in [0.3, 0.4) is 0 Å². The first kappa shape index (κ1) is 17.3. The fraction of sp³-hybridized carbons (Fsp3) is 0.143. The number of hydrogen-bond donors (Lipinski definition) is 2. The molecule has 3 aromatic rings. The second kappa shape index (κ2) is 7.55. The Kier molecular flexibility index (Phi) is 5.22. The molecule has 0 unspecified atom stereocenters. The van der Waals surface area contributed by atoms with Crippen LogP contribution in [0.1, 0.15) is 16.7 Å². The predicted molar refractivity (Wildman–Crippen MR) is 92.7 cm³/mol. The van der Waals surface area contributed by atoms with Gasteiger partial charge in [0.2, 0.25) is 0 Å². The van der Waals surface area contributed by atoms with Crippen LogP contribution < -0.4 is 5.32 Å². The Balaban J connectivity index is 1.81. The molecule has 0 aromatic heterocycles. The normalized spacial score (nSPS) is 13.4. The Morgan fingerprint density at radius 2 is 1.24 bits per heavy atom. The predicted octanol–water partition coefficient (Wildman–Crippen LogP) is 2.96. The van der Waals surface area contributed by atoms with Crippen LogP contribution >= 0.6 is 0 Å². The zero-order valence-electron chi connectivity index (χ0n) is 13.7. The molecule has 0 heterocycles. The molecule has 0 aliphatic heterocycles. The Bertz CT molecular complexity index is 804. The fourth-order valence-corrected chi connectivity index (χ4v) is 2.91.